The highest BCUT2D eigenvalue weighted by Crippen LogP contribution is 2.44. The van der Waals surface area contributed by atoms with Crippen LogP contribution in [0.5, 0.6) is 0 Å². The molecule has 0 saturated heterocycles. The van der Waals surface area contributed by atoms with Crippen LogP contribution in [-0.2, 0) is 19.1 Å². The third-order valence-electron chi connectivity index (χ3n) is 5.46. The van der Waals surface area contributed by atoms with Crippen LogP contribution in [0.4, 0.5) is 4.79 Å². The lowest BCUT2D eigenvalue weighted by molar-refractivity contribution is -0.142. The molecule has 1 aliphatic carbocycles. The van der Waals surface area contributed by atoms with Gasteiger partial charge in [-0.2, -0.15) is 0 Å². The Morgan fingerprint density at radius 2 is 1.64 bits per heavy atom. The summed E-state index contributed by atoms with van der Waals surface area (Å²) in [4.78, 5) is 35.7. The molecule has 0 bridgehead atoms. The Balaban J connectivity index is 1.59. The smallest absolute Gasteiger partial charge is 0.407 e. The number of carbonyl (C=O) groups excluding carboxylic acids is 2. The fourth-order valence-electron chi connectivity index (χ4n) is 3.92. The van der Waals surface area contributed by atoms with Gasteiger partial charge in [-0.1, -0.05) is 48.5 Å². The topological polar surface area (TPSA) is 134 Å². The lowest BCUT2D eigenvalue weighted by Gasteiger charge is -2.24. The van der Waals surface area contributed by atoms with Crippen molar-refractivity contribution in [2.75, 3.05) is 26.9 Å². The Labute approximate surface area is 191 Å². The standard InChI is InChI=1S/C24H28N2O7/c1-24(31,11-21(27)28)14-25-22(29)20(13-32-2)26-23(30)33-12-19-17-9-5-3-7-15(17)16-8-4-6-10-18(16)19/h3-10,19-20,31H,11-14H2,1-2H3,(H,25,29)(H,26,30)(H,27,28). The number of carboxylic acids is 1. The van der Waals surface area contributed by atoms with E-state index in [4.69, 9.17) is 14.6 Å². The van der Waals surface area contributed by atoms with Crippen LogP contribution in [0.2, 0.25) is 0 Å². The molecule has 9 heteroatoms. The maximum absolute atomic E-state index is 12.5. The van der Waals surface area contributed by atoms with E-state index < -0.39 is 36.0 Å². The van der Waals surface area contributed by atoms with E-state index in [9.17, 15) is 19.5 Å². The summed E-state index contributed by atoms with van der Waals surface area (Å²) in [6.07, 6.45) is -1.33. The average molecular weight is 456 g/mol. The second kappa shape index (κ2) is 10.5. The first-order chi connectivity index (χ1) is 15.7. The van der Waals surface area contributed by atoms with Crippen LogP contribution in [0.1, 0.15) is 30.4 Å². The maximum atomic E-state index is 12.5. The van der Waals surface area contributed by atoms with Gasteiger partial charge in [0, 0.05) is 19.6 Å². The molecule has 3 rings (SSSR count). The molecule has 2 unspecified atom stereocenters. The molecule has 0 spiro atoms. The van der Waals surface area contributed by atoms with Crippen molar-refractivity contribution in [2.45, 2.75) is 30.9 Å². The molecule has 33 heavy (non-hydrogen) atoms. The van der Waals surface area contributed by atoms with Gasteiger partial charge in [-0.15, -0.1) is 0 Å². The molecule has 2 aromatic carbocycles. The van der Waals surface area contributed by atoms with Crippen molar-refractivity contribution in [2.24, 2.45) is 0 Å². The minimum Gasteiger partial charge on any atom is -0.481 e. The third kappa shape index (κ3) is 6.09. The summed E-state index contributed by atoms with van der Waals surface area (Å²) in [5.74, 6) is -1.94. The van der Waals surface area contributed by atoms with Gasteiger partial charge in [-0.25, -0.2) is 4.79 Å². The third-order valence-corrected chi connectivity index (χ3v) is 5.46. The zero-order valence-corrected chi connectivity index (χ0v) is 18.5. The summed E-state index contributed by atoms with van der Waals surface area (Å²) in [6, 6.07) is 14.8. The Hall–Kier alpha value is -3.43. The summed E-state index contributed by atoms with van der Waals surface area (Å²) in [7, 11) is 1.38. The quantitative estimate of drug-likeness (QED) is 0.429. The maximum Gasteiger partial charge on any atom is 0.407 e. The van der Waals surface area contributed by atoms with Crippen LogP contribution in [0, 0.1) is 0 Å². The second-order valence-electron chi connectivity index (χ2n) is 8.26. The van der Waals surface area contributed by atoms with E-state index >= 15 is 0 Å². The summed E-state index contributed by atoms with van der Waals surface area (Å²) in [5.41, 5.74) is 2.71. The van der Waals surface area contributed by atoms with Crippen LogP contribution in [0.3, 0.4) is 0 Å². The highest BCUT2D eigenvalue weighted by molar-refractivity contribution is 5.86. The lowest BCUT2D eigenvalue weighted by Crippen LogP contribution is -2.52. The van der Waals surface area contributed by atoms with Gasteiger partial charge in [-0.3, -0.25) is 9.59 Å². The first-order valence-corrected chi connectivity index (χ1v) is 10.5. The van der Waals surface area contributed by atoms with E-state index in [1.807, 2.05) is 48.5 Å². The predicted molar refractivity (Wildman–Crippen MR) is 120 cm³/mol. The molecule has 4 N–H and O–H groups in total. The molecule has 0 radical (unpaired) electrons. The Bertz CT molecular complexity index is 976. The number of aliphatic hydroxyl groups is 1. The minimum atomic E-state index is -1.64. The van der Waals surface area contributed by atoms with E-state index in [0.717, 1.165) is 22.3 Å². The normalized spacial score (nSPS) is 15.0. The van der Waals surface area contributed by atoms with Crippen molar-refractivity contribution in [3.05, 3.63) is 59.7 Å². The molecule has 1 aliphatic rings. The van der Waals surface area contributed by atoms with Crippen LogP contribution >= 0.6 is 0 Å². The number of carbonyl (C=O) groups is 3. The monoisotopic (exact) mass is 456 g/mol. The average Bonchev–Trinajstić information content (AvgIpc) is 3.09. The van der Waals surface area contributed by atoms with Crippen LogP contribution in [0.15, 0.2) is 48.5 Å². The number of methoxy groups -OCH3 is 1. The Kier molecular flexibility index (Phi) is 7.67. The SMILES string of the molecule is COCC(NC(=O)OCC1c2ccccc2-c2ccccc21)C(=O)NCC(C)(O)CC(=O)O. The molecular formula is C24H28N2O7. The van der Waals surface area contributed by atoms with Gasteiger partial charge in [0.15, 0.2) is 0 Å². The van der Waals surface area contributed by atoms with Crippen molar-refractivity contribution in [3.8, 4) is 11.1 Å². The summed E-state index contributed by atoms with van der Waals surface area (Å²) in [6.45, 7) is 0.960. The zero-order chi connectivity index (χ0) is 24.0. The summed E-state index contributed by atoms with van der Waals surface area (Å²) < 4.78 is 10.5. The number of benzene rings is 2. The largest absolute Gasteiger partial charge is 0.481 e. The highest BCUT2D eigenvalue weighted by atomic mass is 16.5. The number of amides is 2. The van der Waals surface area contributed by atoms with Crippen LogP contribution in [-0.4, -0.2) is 66.7 Å². The zero-order valence-electron chi connectivity index (χ0n) is 18.5. The molecule has 0 saturated carbocycles. The van der Waals surface area contributed by atoms with E-state index in [1.165, 1.54) is 14.0 Å². The first kappa shape index (κ1) is 24.2. The highest BCUT2D eigenvalue weighted by Gasteiger charge is 2.30. The van der Waals surface area contributed by atoms with Crippen molar-refractivity contribution in [1.82, 2.24) is 10.6 Å². The van der Waals surface area contributed by atoms with Crippen molar-refractivity contribution >= 4 is 18.0 Å². The Morgan fingerprint density at radius 1 is 1.06 bits per heavy atom. The number of carboxylic acid groups (broad SMARTS) is 1. The van der Waals surface area contributed by atoms with Gasteiger partial charge in [-0.05, 0) is 29.2 Å². The second-order valence-corrected chi connectivity index (χ2v) is 8.26. The van der Waals surface area contributed by atoms with Gasteiger partial charge >= 0.3 is 12.1 Å². The molecule has 9 nitrogen and oxygen atoms in total. The first-order valence-electron chi connectivity index (χ1n) is 10.5. The van der Waals surface area contributed by atoms with Gasteiger partial charge < -0.3 is 30.3 Å². The van der Waals surface area contributed by atoms with Gasteiger partial charge in [0.05, 0.1) is 18.6 Å². The Morgan fingerprint density at radius 3 is 2.18 bits per heavy atom. The van der Waals surface area contributed by atoms with E-state index in [-0.39, 0.29) is 25.7 Å². The minimum absolute atomic E-state index is 0.0918. The molecule has 0 heterocycles. The van der Waals surface area contributed by atoms with Crippen molar-refractivity contribution < 1.29 is 34.1 Å². The van der Waals surface area contributed by atoms with Gasteiger partial charge in [0.25, 0.3) is 0 Å². The van der Waals surface area contributed by atoms with Gasteiger partial charge in [0.1, 0.15) is 12.6 Å². The number of rotatable bonds is 10. The van der Waals surface area contributed by atoms with Crippen LogP contribution in [0.25, 0.3) is 11.1 Å². The number of aliphatic carboxylic acids is 1. The molecule has 0 aromatic heterocycles. The lowest BCUT2D eigenvalue weighted by atomic mass is 9.98. The van der Waals surface area contributed by atoms with E-state index in [2.05, 4.69) is 10.6 Å². The predicted octanol–water partition coefficient (Wildman–Crippen LogP) is 1.88. The number of hydrogen-bond acceptors (Lipinski definition) is 6. The van der Waals surface area contributed by atoms with Crippen molar-refractivity contribution in [3.63, 3.8) is 0 Å². The molecule has 0 fully saturated rings. The molecule has 2 aromatic rings. The van der Waals surface area contributed by atoms with Crippen LogP contribution < -0.4 is 10.6 Å². The fraction of sp³-hybridized carbons (Fsp3) is 0.375. The van der Waals surface area contributed by atoms with E-state index in [0.29, 0.717) is 0 Å². The number of fused-ring (bicyclic) bond motifs is 3. The number of hydrogen-bond donors (Lipinski definition) is 4. The summed E-state index contributed by atoms with van der Waals surface area (Å²) in [5, 5.41) is 23.8. The molecule has 2 atom stereocenters. The molecule has 176 valence electrons. The van der Waals surface area contributed by atoms with Crippen molar-refractivity contribution in [1.29, 1.82) is 0 Å². The molecule has 2 amide bonds. The number of alkyl carbamates (subject to hydrolysis) is 1. The number of nitrogens with one attached hydrogen (secondary N) is 2. The fourth-order valence-corrected chi connectivity index (χ4v) is 3.92. The molecule has 0 aliphatic heterocycles. The summed E-state index contributed by atoms with van der Waals surface area (Å²) >= 11 is 0. The number of ether oxygens (including phenoxy) is 2. The molecular weight excluding hydrogens is 428 g/mol. The van der Waals surface area contributed by atoms with Gasteiger partial charge in [0.2, 0.25) is 5.91 Å². The van der Waals surface area contributed by atoms with E-state index in [1.54, 1.807) is 0 Å².